The molecule has 0 spiro atoms. The number of fused-ring (bicyclic) bond motifs is 1. The van der Waals surface area contributed by atoms with Gasteiger partial charge in [0.1, 0.15) is 6.07 Å². The van der Waals surface area contributed by atoms with Crippen molar-refractivity contribution in [1.29, 1.82) is 5.26 Å². The normalized spacial score (nSPS) is 11.6. The van der Waals surface area contributed by atoms with E-state index in [-0.39, 0.29) is 23.4 Å². The van der Waals surface area contributed by atoms with Crippen LogP contribution in [0.3, 0.4) is 0 Å². The van der Waals surface area contributed by atoms with Crippen molar-refractivity contribution in [3.8, 4) is 29.0 Å². The highest BCUT2D eigenvalue weighted by Gasteiger charge is 2.31. The van der Waals surface area contributed by atoms with Gasteiger partial charge < -0.3 is 9.47 Å². The molecule has 1 heterocycles. The summed E-state index contributed by atoms with van der Waals surface area (Å²) in [6, 6.07) is 14.5. The Labute approximate surface area is 231 Å². The van der Waals surface area contributed by atoms with Crippen molar-refractivity contribution >= 4 is 49.0 Å². The van der Waals surface area contributed by atoms with Gasteiger partial charge in [0.25, 0.3) is 5.56 Å². The van der Waals surface area contributed by atoms with Crippen LogP contribution in [0.5, 0.6) is 11.5 Å². The third-order valence-corrected chi connectivity index (χ3v) is 7.39. The Hall–Kier alpha value is -3.69. The van der Waals surface area contributed by atoms with E-state index in [0.717, 1.165) is 16.8 Å². The number of nitrogens with zero attached hydrogens (tertiary/aromatic N) is 4. The second-order valence-corrected chi connectivity index (χ2v) is 9.28. The molecule has 0 radical (unpaired) electrons. The van der Waals surface area contributed by atoms with Gasteiger partial charge in [-0.25, -0.2) is 4.98 Å². The maximum Gasteiger partial charge on any atom is 0.416 e. The summed E-state index contributed by atoms with van der Waals surface area (Å²) in [5, 5.41) is 13.5. The van der Waals surface area contributed by atoms with E-state index >= 15 is 0 Å². The number of benzene rings is 3. The molecule has 3 aromatic carbocycles. The third-order valence-electron chi connectivity index (χ3n) is 5.25. The molecule has 0 aliphatic rings. The van der Waals surface area contributed by atoms with Crippen molar-refractivity contribution in [3.63, 3.8) is 0 Å². The quantitative estimate of drug-likeness (QED) is 0.206. The predicted octanol–water partition coefficient (Wildman–Crippen LogP) is 6.79. The van der Waals surface area contributed by atoms with Gasteiger partial charge in [-0.05, 0) is 69.1 Å². The third kappa shape index (κ3) is 5.58. The number of alkyl halides is 3. The second kappa shape index (κ2) is 11.4. The summed E-state index contributed by atoms with van der Waals surface area (Å²) in [4.78, 5) is 17.9. The Morgan fingerprint density at radius 3 is 2.58 bits per heavy atom. The van der Waals surface area contributed by atoms with E-state index in [4.69, 9.17) is 14.7 Å². The number of hydrogen-bond donors (Lipinski definition) is 0. The molecule has 0 saturated carbocycles. The summed E-state index contributed by atoms with van der Waals surface area (Å²) in [5.41, 5.74) is -0.602. The van der Waals surface area contributed by atoms with Gasteiger partial charge in [0, 0.05) is 15.6 Å². The molecule has 0 saturated heterocycles. The molecule has 0 fully saturated rings. The number of nitriles is 1. The minimum absolute atomic E-state index is 0.0646. The molecule has 12 heteroatoms. The summed E-state index contributed by atoms with van der Waals surface area (Å²) in [7, 11) is 0. The van der Waals surface area contributed by atoms with E-state index in [9.17, 15) is 18.0 Å². The van der Waals surface area contributed by atoms with Crippen LogP contribution in [-0.4, -0.2) is 29.1 Å². The summed E-state index contributed by atoms with van der Waals surface area (Å²) in [6.45, 7) is 1.87. The topological polar surface area (TPSA) is 89.5 Å². The van der Waals surface area contributed by atoms with Crippen molar-refractivity contribution in [3.05, 3.63) is 85.0 Å². The smallest absolute Gasteiger partial charge is 0.416 e. The Balaban J connectivity index is 1.91. The predicted molar refractivity (Wildman–Crippen MR) is 144 cm³/mol. The molecule has 0 bridgehead atoms. The molecular weight excluding hydrogens is 633 g/mol. The lowest BCUT2D eigenvalue weighted by Crippen LogP contribution is -2.20. The van der Waals surface area contributed by atoms with Crippen LogP contribution in [0.2, 0.25) is 0 Å². The highest BCUT2D eigenvalue weighted by Crippen LogP contribution is 2.42. The molecule has 0 aliphatic carbocycles. The van der Waals surface area contributed by atoms with E-state index < -0.39 is 17.3 Å². The molecule has 38 heavy (non-hydrogen) atoms. The minimum atomic E-state index is -4.58. The first-order valence-corrected chi connectivity index (χ1v) is 12.6. The second-order valence-electron chi connectivity index (χ2n) is 7.69. The Morgan fingerprint density at radius 1 is 1.11 bits per heavy atom. The van der Waals surface area contributed by atoms with Crippen molar-refractivity contribution in [1.82, 2.24) is 9.66 Å². The zero-order chi connectivity index (χ0) is 27.4. The zero-order valence-corrected chi connectivity index (χ0v) is 22.8. The standard InChI is InChI=1S/C26H17Br2F3N4O3/c1-2-37-20-13-16(21(27)22(28)23(20)38-11-10-32)14-33-35-24(15-6-5-7-17(12-15)26(29,30)31)34-19-9-4-3-8-18(19)25(35)36/h3-9,12-14H,2,11H2,1H3. The van der Waals surface area contributed by atoms with Gasteiger partial charge in [0.05, 0.1) is 33.8 Å². The van der Waals surface area contributed by atoms with E-state index in [1.165, 1.54) is 18.3 Å². The summed E-state index contributed by atoms with van der Waals surface area (Å²) >= 11 is 6.87. The van der Waals surface area contributed by atoms with Gasteiger partial charge in [-0.1, -0.05) is 24.3 Å². The summed E-state index contributed by atoms with van der Waals surface area (Å²) in [5.74, 6) is 0.554. The Morgan fingerprint density at radius 2 is 1.87 bits per heavy atom. The molecule has 0 unspecified atom stereocenters. The van der Waals surface area contributed by atoms with Crippen LogP contribution in [0, 0.1) is 11.3 Å². The molecule has 0 amide bonds. The van der Waals surface area contributed by atoms with E-state index in [0.29, 0.717) is 38.1 Å². The fourth-order valence-electron chi connectivity index (χ4n) is 3.57. The van der Waals surface area contributed by atoms with Crippen molar-refractivity contribution < 1.29 is 22.6 Å². The van der Waals surface area contributed by atoms with E-state index in [2.05, 4.69) is 41.9 Å². The van der Waals surface area contributed by atoms with Gasteiger partial charge in [0.2, 0.25) is 0 Å². The number of ether oxygens (including phenoxy) is 2. The summed E-state index contributed by atoms with van der Waals surface area (Å²) in [6.07, 6.45) is -3.23. The lowest BCUT2D eigenvalue weighted by atomic mass is 10.1. The van der Waals surface area contributed by atoms with Gasteiger partial charge in [-0.3, -0.25) is 4.79 Å². The van der Waals surface area contributed by atoms with Crippen LogP contribution in [0.25, 0.3) is 22.3 Å². The van der Waals surface area contributed by atoms with Crippen molar-refractivity contribution in [2.24, 2.45) is 5.10 Å². The molecule has 0 N–H and O–H groups in total. The molecule has 4 rings (SSSR count). The largest absolute Gasteiger partial charge is 0.490 e. The lowest BCUT2D eigenvalue weighted by Gasteiger charge is -2.15. The van der Waals surface area contributed by atoms with Crippen LogP contribution >= 0.6 is 31.9 Å². The maximum absolute atomic E-state index is 13.4. The van der Waals surface area contributed by atoms with Gasteiger partial charge in [0.15, 0.2) is 23.9 Å². The van der Waals surface area contributed by atoms with Crippen LogP contribution in [-0.2, 0) is 6.18 Å². The average molecular weight is 650 g/mol. The van der Waals surface area contributed by atoms with Gasteiger partial charge in [-0.15, -0.1) is 0 Å². The van der Waals surface area contributed by atoms with Gasteiger partial charge in [-0.2, -0.15) is 28.2 Å². The average Bonchev–Trinajstić information content (AvgIpc) is 2.90. The number of aromatic nitrogens is 2. The Bertz CT molecular complexity index is 1650. The fraction of sp³-hybridized carbons (Fsp3) is 0.154. The molecular formula is C26H17Br2F3N4O3. The number of para-hydroxylation sites is 1. The molecule has 1 aromatic heterocycles. The van der Waals surface area contributed by atoms with Crippen LogP contribution in [0.1, 0.15) is 18.1 Å². The Kier molecular flexibility index (Phi) is 8.18. The maximum atomic E-state index is 13.4. The molecule has 0 aliphatic heterocycles. The van der Waals surface area contributed by atoms with E-state index in [1.54, 1.807) is 37.3 Å². The number of hydrogen-bond acceptors (Lipinski definition) is 6. The van der Waals surface area contributed by atoms with Crippen LogP contribution in [0.15, 0.2) is 73.4 Å². The highest BCUT2D eigenvalue weighted by molar-refractivity contribution is 9.13. The number of halogens is 5. The first-order chi connectivity index (χ1) is 18.2. The van der Waals surface area contributed by atoms with Crippen molar-refractivity contribution in [2.75, 3.05) is 13.2 Å². The van der Waals surface area contributed by atoms with Gasteiger partial charge >= 0.3 is 6.18 Å². The van der Waals surface area contributed by atoms with Crippen molar-refractivity contribution in [2.45, 2.75) is 13.1 Å². The summed E-state index contributed by atoms with van der Waals surface area (Å²) < 4.78 is 53.3. The lowest BCUT2D eigenvalue weighted by molar-refractivity contribution is -0.137. The van der Waals surface area contributed by atoms with Crippen LogP contribution in [0.4, 0.5) is 13.2 Å². The molecule has 7 nitrogen and oxygen atoms in total. The SMILES string of the molecule is CCOc1cc(C=Nn2c(-c3cccc(C(F)(F)F)c3)nc3ccccc3c2=O)c(Br)c(Br)c1OCC#N. The number of rotatable bonds is 7. The van der Waals surface area contributed by atoms with Crippen LogP contribution < -0.4 is 15.0 Å². The highest BCUT2D eigenvalue weighted by atomic mass is 79.9. The first kappa shape index (κ1) is 27.3. The first-order valence-electron chi connectivity index (χ1n) is 11.0. The fourth-order valence-corrected chi connectivity index (χ4v) is 4.51. The monoisotopic (exact) mass is 648 g/mol. The zero-order valence-electron chi connectivity index (χ0n) is 19.6. The molecule has 4 aromatic rings. The molecule has 194 valence electrons. The molecule has 0 atom stereocenters. The minimum Gasteiger partial charge on any atom is -0.490 e. The van der Waals surface area contributed by atoms with E-state index in [1.807, 2.05) is 6.07 Å².